The van der Waals surface area contributed by atoms with Crippen molar-refractivity contribution in [3.05, 3.63) is 0 Å². The number of likely N-dealkylation sites (tertiary alicyclic amines) is 1. The highest BCUT2D eigenvalue weighted by Gasteiger charge is 2.29. The van der Waals surface area contributed by atoms with Crippen molar-refractivity contribution in [3.8, 4) is 0 Å². The van der Waals surface area contributed by atoms with Gasteiger partial charge in [-0.1, -0.05) is 27.7 Å². The fraction of sp³-hybridized carbons (Fsp3) is 0.909. The Morgan fingerprint density at radius 1 is 1.46 bits per heavy atom. The predicted octanol–water partition coefficient (Wildman–Crippen LogP) is 2.54. The lowest BCUT2D eigenvalue weighted by Gasteiger charge is -2.15. The van der Waals surface area contributed by atoms with Gasteiger partial charge in [0.1, 0.15) is 0 Å². The Morgan fingerprint density at radius 3 is 2.23 bits per heavy atom. The second-order valence-electron chi connectivity index (χ2n) is 3.64. The van der Waals surface area contributed by atoms with Crippen molar-refractivity contribution >= 4 is 5.91 Å². The van der Waals surface area contributed by atoms with Gasteiger partial charge in [0.15, 0.2) is 0 Å². The number of amides is 1. The lowest BCUT2D eigenvalue weighted by atomic mass is 9.95. The number of rotatable bonds is 2. The van der Waals surface area contributed by atoms with E-state index in [0.717, 1.165) is 19.5 Å². The standard InChI is InChI=1S/C9H17NO.C2H6/c1-4-10-6-8(7(2)3)5-9(10)11;1-2/h7-8H,4-6H2,1-3H3;1-2H3. The summed E-state index contributed by atoms with van der Waals surface area (Å²) in [5.41, 5.74) is 0. The van der Waals surface area contributed by atoms with Gasteiger partial charge in [-0.05, 0) is 18.8 Å². The molecule has 1 atom stereocenters. The van der Waals surface area contributed by atoms with Crippen molar-refractivity contribution < 1.29 is 4.79 Å². The van der Waals surface area contributed by atoms with Gasteiger partial charge in [-0.3, -0.25) is 4.79 Å². The highest BCUT2D eigenvalue weighted by Crippen LogP contribution is 2.23. The quantitative estimate of drug-likeness (QED) is 0.647. The summed E-state index contributed by atoms with van der Waals surface area (Å²) in [6.45, 7) is 12.3. The van der Waals surface area contributed by atoms with Crippen LogP contribution in [0, 0.1) is 11.8 Å². The summed E-state index contributed by atoms with van der Waals surface area (Å²) >= 11 is 0. The Morgan fingerprint density at radius 2 is 2.00 bits per heavy atom. The van der Waals surface area contributed by atoms with Crippen LogP contribution >= 0.6 is 0 Å². The molecule has 1 heterocycles. The minimum Gasteiger partial charge on any atom is -0.343 e. The number of nitrogens with zero attached hydrogens (tertiary/aromatic N) is 1. The number of hydrogen-bond donors (Lipinski definition) is 0. The maximum Gasteiger partial charge on any atom is 0.222 e. The SMILES string of the molecule is CC.CCN1CC(C(C)C)CC1=O. The van der Waals surface area contributed by atoms with Gasteiger partial charge in [-0.15, -0.1) is 0 Å². The predicted molar refractivity (Wildman–Crippen MR) is 56.5 cm³/mol. The van der Waals surface area contributed by atoms with Crippen molar-refractivity contribution in [1.29, 1.82) is 0 Å². The van der Waals surface area contributed by atoms with Crippen LogP contribution in [-0.2, 0) is 4.79 Å². The average molecular weight is 185 g/mol. The molecular weight excluding hydrogens is 162 g/mol. The zero-order valence-electron chi connectivity index (χ0n) is 9.63. The van der Waals surface area contributed by atoms with Crippen molar-refractivity contribution in [2.75, 3.05) is 13.1 Å². The third-order valence-corrected chi connectivity index (χ3v) is 2.57. The summed E-state index contributed by atoms with van der Waals surface area (Å²) in [4.78, 5) is 13.2. The van der Waals surface area contributed by atoms with Crippen LogP contribution in [0.2, 0.25) is 0 Å². The van der Waals surface area contributed by atoms with E-state index in [1.165, 1.54) is 0 Å². The summed E-state index contributed by atoms with van der Waals surface area (Å²) < 4.78 is 0. The summed E-state index contributed by atoms with van der Waals surface area (Å²) in [6, 6.07) is 0. The van der Waals surface area contributed by atoms with Gasteiger partial charge in [0.2, 0.25) is 5.91 Å². The van der Waals surface area contributed by atoms with E-state index in [1.807, 2.05) is 25.7 Å². The fourth-order valence-electron chi connectivity index (χ4n) is 1.55. The summed E-state index contributed by atoms with van der Waals surface area (Å²) in [7, 11) is 0. The molecule has 1 aliphatic heterocycles. The third kappa shape index (κ3) is 3.37. The Bertz CT molecular complexity index is 154. The van der Waals surface area contributed by atoms with E-state index in [1.54, 1.807) is 0 Å². The minimum atomic E-state index is 0.339. The number of hydrogen-bond acceptors (Lipinski definition) is 1. The lowest BCUT2D eigenvalue weighted by Crippen LogP contribution is -2.24. The molecule has 13 heavy (non-hydrogen) atoms. The highest BCUT2D eigenvalue weighted by atomic mass is 16.2. The van der Waals surface area contributed by atoms with E-state index >= 15 is 0 Å². The minimum absolute atomic E-state index is 0.339. The molecule has 1 rings (SSSR count). The van der Waals surface area contributed by atoms with Crippen LogP contribution in [0.1, 0.15) is 41.0 Å². The van der Waals surface area contributed by atoms with Crippen molar-refractivity contribution in [2.45, 2.75) is 41.0 Å². The van der Waals surface area contributed by atoms with Crippen molar-refractivity contribution in [3.63, 3.8) is 0 Å². The van der Waals surface area contributed by atoms with E-state index in [4.69, 9.17) is 0 Å². The zero-order valence-corrected chi connectivity index (χ0v) is 9.63. The maximum absolute atomic E-state index is 11.2. The molecular formula is C11H23NO. The molecule has 1 amide bonds. The molecule has 1 saturated heterocycles. The fourth-order valence-corrected chi connectivity index (χ4v) is 1.55. The molecule has 1 aliphatic rings. The Labute approximate surface area is 82.3 Å². The number of carbonyl (C=O) groups is 1. The molecule has 0 saturated carbocycles. The molecule has 2 nitrogen and oxygen atoms in total. The van der Waals surface area contributed by atoms with Gasteiger partial charge in [-0.2, -0.15) is 0 Å². The molecule has 0 aromatic heterocycles. The first-order valence-corrected chi connectivity index (χ1v) is 5.43. The van der Waals surface area contributed by atoms with Crippen LogP contribution in [0.15, 0.2) is 0 Å². The van der Waals surface area contributed by atoms with Crippen LogP contribution in [0.3, 0.4) is 0 Å². The molecule has 1 fully saturated rings. The van der Waals surface area contributed by atoms with Gasteiger partial charge in [-0.25, -0.2) is 0 Å². The first kappa shape index (κ1) is 12.5. The van der Waals surface area contributed by atoms with Crippen molar-refractivity contribution in [2.24, 2.45) is 11.8 Å². The van der Waals surface area contributed by atoms with Gasteiger partial charge in [0.05, 0.1) is 0 Å². The maximum atomic E-state index is 11.2. The van der Waals surface area contributed by atoms with Crippen LogP contribution in [0.5, 0.6) is 0 Å². The Hall–Kier alpha value is -0.530. The normalized spacial score (nSPS) is 21.8. The summed E-state index contributed by atoms with van der Waals surface area (Å²) in [6.07, 6.45) is 0.769. The largest absolute Gasteiger partial charge is 0.343 e. The van der Waals surface area contributed by atoms with E-state index in [-0.39, 0.29) is 0 Å². The number of carbonyl (C=O) groups excluding carboxylic acids is 1. The van der Waals surface area contributed by atoms with Crippen LogP contribution in [-0.4, -0.2) is 23.9 Å². The van der Waals surface area contributed by atoms with Crippen LogP contribution < -0.4 is 0 Å². The van der Waals surface area contributed by atoms with Crippen molar-refractivity contribution in [1.82, 2.24) is 4.90 Å². The zero-order chi connectivity index (χ0) is 10.4. The summed E-state index contributed by atoms with van der Waals surface area (Å²) in [5.74, 6) is 1.59. The molecule has 0 radical (unpaired) electrons. The van der Waals surface area contributed by atoms with Gasteiger partial charge in [0, 0.05) is 19.5 Å². The molecule has 2 heteroatoms. The first-order chi connectivity index (χ1) is 6.15. The van der Waals surface area contributed by atoms with Gasteiger partial charge >= 0.3 is 0 Å². The monoisotopic (exact) mass is 185 g/mol. The Balaban J connectivity index is 0.000000671. The van der Waals surface area contributed by atoms with E-state index in [9.17, 15) is 4.79 Å². The van der Waals surface area contributed by atoms with Crippen LogP contribution in [0.25, 0.3) is 0 Å². The molecule has 0 N–H and O–H groups in total. The molecule has 1 unspecified atom stereocenters. The lowest BCUT2D eigenvalue weighted by molar-refractivity contribution is -0.127. The topological polar surface area (TPSA) is 20.3 Å². The summed E-state index contributed by atoms with van der Waals surface area (Å²) in [5, 5.41) is 0. The van der Waals surface area contributed by atoms with Gasteiger partial charge < -0.3 is 4.90 Å². The smallest absolute Gasteiger partial charge is 0.222 e. The Kier molecular flexibility index (Phi) is 5.76. The first-order valence-electron chi connectivity index (χ1n) is 5.43. The highest BCUT2D eigenvalue weighted by molar-refractivity contribution is 5.78. The third-order valence-electron chi connectivity index (χ3n) is 2.57. The molecule has 0 aromatic carbocycles. The van der Waals surface area contributed by atoms with E-state index in [0.29, 0.717) is 17.7 Å². The molecule has 0 aromatic rings. The average Bonchev–Trinajstić information content (AvgIpc) is 2.50. The molecule has 0 bridgehead atoms. The van der Waals surface area contributed by atoms with Gasteiger partial charge in [0.25, 0.3) is 0 Å². The van der Waals surface area contributed by atoms with E-state index in [2.05, 4.69) is 13.8 Å². The van der Waals surface area contributed by atoms with E-state index < -0.39 is 0 Å². The molecule has 78 valence electrons. The van der Waals surface area contributed by atoms with Crippen LogP contribution in [0.4, 0.5) is 0 Å². The molecule has 0 spiro atoms. The molecule has 0 aliphatic carbocycles. The second kappa shape index (κ2) is 6.01. The second-order valence-corrected chi connectivity index (χ2v) is 3.64.